The van der Waals surface area contributed by atoms with Crippen molar-refractivity contribution in [3.63, 3.8) is 0 Å². The molecule has 0 aromatic carbocycles. The minimum Gasteiger partial charge on any atom is -0.351 e. The minimum absolute atomic E-state index is 0.0855. The molecule has 1 unspecified atom stereocenters. The van der Waals surface area contributed by atoms with Crippen molar-refractivity contribution in [1.82, 2.24) is 9.88 Å². The zero-order valence-electron chi connectivity index (χ0n) is 12.7. The van der Waals surface area contributed by atoms with Gasteiger partial charge >= 0.3 is 5.69 Å². The summed E-state index contributed by atoms with van der Waals surface area (Å²) in [6.45, 7) is 5.18. The number of hydrogen-bond donors (Lipinski definition) is 0. The van der Waals surface area contributed by atoms with Crippen LogP contribution < -0.4 is 4.90 Å². The normalized spacial score (nSPS) is 23.9. The van der Waals surface area contributed by atoms with E-state index in [1.807, 2.05) is 0 Å². The van der Waals surface area contributed by atoms with Gasteiger partial charge in [0, 0.05) is 41.9 Å². The first kappa shape index (κ1) is 15.7. The number of nitrogens with zero attached hydrogens (tertiary/aromatic N) is 4. The third kappa shape index (κ3) is 3.10. The number of pyridine rings is 1. The van der Waals surface area contributed by atoms with Crippen molar-refractivity contribution in [1.29, 1.82) is 0 Å². The Morgan fingerprint density at radius 1 is 1.32 bits per heavy atom. The molecule has 2 saturated heterocycles. The highest BCUT2D eigenvalue weighted by molar-refractivity contribution is 9.10. The largest absolute Gasteiger partial charge is 0.351 e. The third-order valence-electron chi connectivity index (χ3n) is 4.85. The molecule has 1 atom stereocenters. The van der Waals surface area contributed by atoms with Crippen LogP contribution in [-0.4, -0.2) is 46.5 Å². The summed E-state index contributed by atoms with van der Waals surface area (Å²) >= 11 is 3.26. The predicted molar refractivity (Wildman–Crippen MR) is 89.2 cm³/mol. The molecule has 3 rings (SSSR count). The SMILES string of the molecule is CC1CCCN1C1CCN(c2ncc(Br)cc2[N+](=O)[O-])CC1. The molecule has 0 amide bonds. The van der Waals surface area contributed by atoms with Crippen LogP contribution >= 0.6 is 15.9 Å². The average molecular weight is 369 g/mol. The molecule has 0 aliphatic carbocycles. The molecular formula is C15H21BrN4O2. The zero-order chi connectivity index (χ0) is 15.7. The van der Waals surface area contributed by atoms with Gasteiger partial charge in [-0.15, -0.1) is 0 Å². The fourth-order valence-corrected chi connectivity index (χ4v) is 4.03. The minimum atomic E-state index is -0.346. The van der Waals surface area contributed by atoms with Gasteiger partial charge in [0.1, 0.15) is 0 Å². The van der Waals surface area contributed by atoms with Crippen LogP contribution in [0, 0.1) is 10.1 Å². The number of aromatic nitrogens is 1. The summed E-state index contributed by atoms with van der Waals surface area (Å²) in [7, 11) is 0. The van der Waals surface area contributed by atoms with Gasteiger partial charge in [0.2, 0.25) is 5.82 Å². The van der Waals surface area contributed by atoms with Crippen molar-refractivity contribution in [2.75, 3.05) is 24.5 Å². The predicted octanol–water partition coefficient (Wildman–Crippen LogP) is 3.21. The van der Waals surface area contributed by atoms with Crippen LogP contribution in [0.15, 0.2) is 16.7 Å². The van der Waals surface area contributed by atoms with Crippen LogP contribution in [0.3, 0.4) is 0 Å². The summed E-state index contributed by atoms with van der Waals surface area (Å²) in [5.74, 6) is 0.501. The van der Waals surface area contributed by atoms with E-state index in [0.717, 1.165) is 25.9 Å². The first-order valence-electron chi connectivity index (χ1n) is 7.87. The van der Waals surface area contributed by atoms with E-state index < -0.39 is 0 Å². The van der Waals surface area contributed by atoms with E-state index in [1.165, 1.54) is 25.5 Å². The van der Waals surface area contributed by atoms with Crippen molar-refractivity contribution >= 4 is 27.4 Å². The molecule has 2 aliphatic heterocycles. The summed E-state index contributed by atoms with van der Waals surface area (Å²) in [5, 5.41) is 11.2. The highest BCUT2D eigenvalue weighted by Crippen LogP contribution is 2.32. The fraction of sp³-hybridized carbons (Fsp3) is 0.667. The van der Waals surface area contributed by atoms with Gasteiger partial charge in [-0.1, -0.05) is 0 Å². The van der Waals surface area contributed by atoms with Crippen molar-refractivity contribution in [2.24, 2.45) is 0 Å². The van der Waals surface area contributed by atoms with Crippen molar-refractivity contribution in [3.05, 3.63) is 26.9 Å². The first-order valence-corrected chi connectivity index (χ1v) is 8.66. The van der Waals surface area contributed by atoms with Gasteiger partial charge < -0.3 is 4.90 Å². The summed E-state index contributed by atoms with van der Waals surface area (Å²) < 4.78 is 0.642. The Hall–Kier alpha value is -1.21. The summed E-state index contributed by atoms with van der Waals surface area (Å²) in [6, 6.07) is 2.83. The molecule has 3 heterocycles. The van der Waals surface area contributed by atoms with Crippen LogP contribution in [0.25, 0.3) is 0 Å². The van der Waals surface area contributed by atoms with Crippen LogP contribution in [0.1, 0.15) is 32.6 Å². The topological polar surface area (TPSA) is 62.5 Å². The van der Waals surface area contributed by atoms with Crippen molar-refractivity contribution < 1.29 is 4.92 Å². The van der Waals surface area contributed by atoms with Gasteiger partial charge in [0.05, 0.1) is 4.92 Å². The fourth-order valence-electron chi connectivity index (χ4n) is 3.71. The molecule has 2 fully saturated rings. The molecular weight excluding hydrogens is 348 g/mol. The Labute approximate surface area is 138 Å². The van der Waals surface area contributed by atoms with E-state index in [4.69, 9.17) is 0 Å². The monoisotopic (exact) mass is 368 g/mol. The second kappa shape index (κ2) is 6.50. The third-order valence-corrected chi connectivity index (χ3v) is 5.28. The van der Waals surface area contributed by atoms with Gasteiger partial charge in [0.15, 0.2) is 0 Å². The number of rotatable bonds is 3. The van der Waals surface area contributed by atoms with E-state index in [9.17, 15) is 10.1 Å². The first-order chi connectivity index (χ1) is 10.6. The Balaban J connectivity index is 1.70. The number of hydrogen-bond acceptors (Lipinski definition) is 5. The van der Waals surface area contributed by atoms with Crippen LogP contribution in [-0.2, 0) is 0 Å². The van der Waals surface area contributed by atoms with E-state index in [0.29, 0.717) is 22.4 Å². The quantitative estimate of drug-likeness (QED) is 0.605. The molecule has 0 saturated carbocycles. The van der Waals surface area contributed by atoms with Gasteiger partial charge in [0.25, 0.3) is 0 Å². The Kier molecular flexibility index (Phi) is 4.63. The molecule has 0 radical (unpaired) electrons. The molecule has 2 aliphatic rings. The van der Waals surface area contributed by atoms with Crippen molar-refractivity contribution in [3.8, 4) is 0 Å². The number of likely N-dealkylation sites (tertiary alicyclic amines) is 1. The van der Waals surface area contributed by atoms with Gasteiger partial charge in [-0.25, -0.2) is 4.98 Å². The maximum atomic E-state index is 11.2. The van der Waals surface area contributed by atoms with E-state index in [1.54, 1.807) is 6.20 Å². The molecule has 1 aromatic heterocycles. The molecule has 22 heavy (non-hydrogen) atoms. The summed E-state index contributed by atoms with van der Waals surface area (Å²) in [5.41, 5.74) is 0.0855. The lowest BCUT2D eigenvalue weighted by molar-refractivity contribution is -0.384. The van der Waals surface area contributed by atoms with Crippen LogP contribution in [0.2, 0.25) is 0 Å². The highest BCUT2D eigenvalue weighted by Gasteiger charge is 2.32. The summed E-state index contributed by atoms with van der Waals surface area (Å²) in [4.78, 5) is 19.9. The second-order valence-corrected chi connectivity index (χ2v) is 7.12. The second-order valence-electron chi connectivity index (χ2n) is 6.20. The molecule has 120 valence electrons. The highest BCUT2D eigenvalue weighted by atomic mass is 79.9. The molecule has 1 aromatic rings. The smallest absolute Gasteiger partial charge is 0.312 e. The van der Waals surface area contributed by atoms with E-state index in [-0.39, 0.29) is 10.6 Å². The summed E-state index contributed by atoms with van der Waals surface area (Å²) in [6.07, 6.45) is 6.33. The van der Waals surface area contributed by atoms with E-state index >= 15 is 0 Å². The Morgan fingerprint density at radius 3 is 2.64 bits per heavy atom. The molecule has 7 heteroatoms. The number of nitro groups is 1. The number of piperidine rings is 1. The standard InChI is InChI=1S/C15H21BrN4O2/c1-11-3-2-6-19(11)13-4-7-18(8-5-13)15-14(20(21)22)9-12(16)10-17-15/h9-11,13H,2-8H2,1H3. The van der Waals surface area contributed by atoms with Gasteiger partial charge in [-0.3, -0.25) is 15.0 Å². The maximum absolute atomic E-state index is 11.2. The molecule has 6 nitrogen and oxygen atoms in total. The molecule has 0 spiro atoms. The van der Waals surface area contributed by atoms with Gasteiger partial charge in [-0.2, -0.15) is 0 Å². The maximum Gasteiger partial charge on any atom is 0.312 e. The lowest BCUT2D eigenvalue weighted by atomic mass is 10.0. The Morgan fingerprint density at radius 2 is 2.05 bits per heavy atom. The van der Waals surface area contributed by atoms with E-state index in [2.05, 4.69) is 37.6 Å². The number of anilines is 1. The molecule has 0 N–H and O–H groups in total. The van der Waals surface area contributed by atoms with Crippen LogP contribution in [0.5, 0.6) is 0 Å². The van der Waals surface area contributed by atoms with Crippen LogP contribution in [0.4, 0.5) is 11.5 Å². The number of halogens is 1. The molecule has 0 bridgehead atoms. The lowest BCUT2D eigenvalue weighted by Crippen LogP contribution is -2.46. The van der Waals surface area contributed by atoms with Gasteiger partial charge in [-0.05, 0) is 55.1 Å². The average Bonchev–Trinajstić information content (AvgIpc) is 2.93. The Bertz CT molecular complexity index is 560. The van der Waals surface area contributed by atoms with Crippen molar-refractivity contribution in [2.45, 2.75) is 44.7 Å². The zero-order valence-corrected chi connectivity index (χ0v) is 14.3. The lowest BCUT2D eigenvalue weighted by Gasteiger charge is -2.38.